The smallest absolute Gasteiger partial charge is 0.262 e. The van der Waals surface area contributed by atoms with Crippen molar-refractivity contribution in [3.8, 4) is 5.75 Å². The molecule has 1 aliphatic heterocycles. The van der Waals surface area contributed by atoms with Crippen LogP contribution < -0.4 is 20.3 Å². The van der Waals surface area contributed by atoms with Crippen molar-refractivity contribution in [1.29, 1.82) is 0 Å². The molecule has 1 saturated heterocycles. The maximum atomic E-state index is 12.5. The van der Waals surface area contributed by atoms with Crippen LogP contribution in [0.25, 0.3) is 0 Å². The summed E-state index contributed by atoms with van der Waals surface area (Å²) in [6.07, 6.45) is 0.160. The molecule has 180 valence electrons. The Balaban J connectivity index is 1.27. The fraction of sp³-hybridized carbons (Fsp3) is 0.192. The average molecular weight is 512 g/mol. The third-order valence-corrected chi connectivity index (χ3v) is 6.27. The maximum absolute atomic E-state index is 12.5. The van der Waals surface area contributed by atoms with Gasteiger partial charge in [-0.05, 0) is 48.0 Å². The monoisotopic (exact) mass is 511 g/mol. The molecule has 0 spiro atoms. The molecular weight excluding hydrogens is 489 g/mol. The summed E-state index contributed by atoms with van der Waals surface area (Å²) in [5.41, 5.74) is 2.18. The van der Waals surface area contributed by atoms with E-state index in [-0.39, 0.29) is 30.7 Å². The van der Waals surface area contributed by atoms with Crippen molar-refractivity contribution >= 4 is 52.3 Å². The van der Waals surface area contributed by atoms with Crippen LogP contribution in [0.1, 0.15) is 12.0 Å². The molecule has 2 N–H and O–H groups in total. The SMILES string of the molecule is O=C(COc1ccc(N2CC(C(=O)NCc3ccccc3)CC2=O)cc1)Nc1ccc(Cl)c(Cl)c1. The Hall–Kier alpha value is -3.55. The van der Waals surface area contributed by atoms with Gasteiger partial charge in [-0.15, -0.1) is 0 Å². The minimum Gasteiger partial charge on any atom is -0.484 e. The fourth-order valence-corrected chi connectivity index (χ4v) is 4.00. The van der Waals surface area contributed by atoms with Crippen molar-refractivity contribution in [2.24, 2.45) is 5.92 Å². The Kier molecular flexibility index (Phi) is 7.90. The van der Waals surface area contributed by atoms with Crippen molar-refractivity contribution in [2.45, 2.75) is 13.0 Å². The van der Waals surface area contributed by atoms with Gasteiger partial charge in [-0.3, -0.25) is 14.4 Å². The number of rotatable bonds is 8. The van der Waals surface area contributed by atoms with Crippen LogP contribution in [0.15, 0.2) is 72.8 Å². The molecule has 9 heteroatoms. The summed E-state index contributed by atoms with van der Waals surface area (Å²) in [4.78, 5) is 38.8. The maximum Gasteiger partial charge on any atom is 0.262 e. The van der Waals surface area contributed by atoms with Gasteiger partial charge in [0.15, 0.2) is 6.61 Å². The number of anilines is 2. The molecule has 1 heterocycles. The molecule has 0 bridgehead atoms. The van der Waals surface area contributed by atoms with Crippen LogP contribution in [-0.2, 0) is 20.9 Å². The van der Waals surface area contributed by atoms with Gasteiger partial charge in [0, 0.05) is 30.9 Å². The van der Waals surface area contributed by atoms with Crippen molar-refractivity contribution in [1.82, 2.24) is 5.32 Å². The number of benzene rings is 3. The molecule has 1 fully saturated rings. The molecular formula is C26H23Cl2N3O4. The summed E-state index contributed by atoms with van der Waals surface area (Å²) < 4.78 is 5.53. The number of amides is 3. The Labute approximate surface area is 213 Å². The third-order valence-electron chi connectivity index (χ3n) is 5.53. The van der Waals surface area contributed by atoms with Gasteiger partial charge < -0.3 is 20.3 Å². The first-order valence-electron chi connectivity index (χ1n) is 11.0. The van der Waals surface area contributed by atoms with Gasteiger partial charge in [-0.1, -0.05) is 53.5 Å². The van der Waals surface area contributed by atoms with E-state index in [1.807, 2.05) is 30.3 Å². The van der Waals surface area contributed by atoms with Crippen molar-refractivity contribution in [3.63, 3.8) is 0 Å². The van der Waals surface area contributed by atoms with Crippen LogP contribution in [0.3, 0.4) is 0 Å². The first kappa shape index (κ1) is 24.6. The zero-order valence-electron chi connectivity index (χ0n) is 18.7. The molecule has 0 aromatic heterocycles. The summed E-state index contributed by atoms with van der Waals surface area (Å²) >= 11 is 11.8. The highest BCUT2D eigenvalue weighted by molar-refractivity contribution is 6.42. The van der Waals surface area contributed by atoms with E-state index in [0.29, 0.717) is 40.3 Å². The van der Waals surface area contributed by atoms with Crippen LogP contribution in [0.5, 0.6) is 5.75 Å². The molecule has 1 unspecified atom stereocenters. The van der Waals surface area contributed by atoms with Gasteiger partial charge in [-0.25, -0.2) is 0 Å². The van der Waals surface area contributed by atoms with E-state index in [4.69, 9.17) is 27.9 Å². The highest BCUT2D eigenvalue weighted by Gasteiger charge is 2.35. The predicted molar refractivity (Wildman–Crippen MR) is 136 cm³/mol. The molecule has 7 nitrogen and oxygen atoms in total. The van der Waals surface area contributed by atoms with Crippen LogP contribution in [-0.4, -0.2) is 30.9 Å². The molecule has 0 aliphatic carbocycles. The van der Waals surface area contributed by atoms with E-state index in [0.717, 1.165) is 5.56 Å². The van der Waals surface area contributed by atoms with E-state index in [1.165, 1.54) is 0 Å². The number of hydrogen-bond acceptors (Lipinski definition) is 4. The quantitative estimate of drug-likeness (QED) is 0.459. The van der Waals surface area contributed by atoms with Gasteiger partial charge in [0.1, 0.15) is 5.75 Å². The molecule has 1 aliphatic rings. The minimum absolute atomic E-state index is 0.112. The largest absolute Gasteiger partial charge is 0.484 e. The van der Waals surface area contributed by atoms with E-state index in [1.54, 1.807) is 47.4 Å². The van der Waals surface area contributed by atoms with E-state index in [2.05, 4.69) is 10.6 Å². The molecule has 1 atom stereocenters. The number of carbonyl (C=O) groups is 3. The summed E-state index contributed by atoms with van der Waals surface area (Å²) in [5.74, 6) is -0.544. The molecule has 3 aromatic carbocycles. The minimum atomic E-state index is -0.410. The number of nitrogens with zero attached hydrogens (tertiary/aromatic N) is 1. The van der Waals surface area contributed by atoms with Gasteiger partial charge in [-0.2, -0.15) is 0 Å². The van der Waals surface area contributed by atoms with E-state index in [9.17, 15) is 14.4 Å². The Morgan fingerprint density at radius 3 is 2.43 bits per heavy atom. The van der Waals surface area contributed by atoms with Crippen molar-refractivity contribution < 1.29 is 19.1 Å². The molecule has 0 radical (unpaired) electrons. The van der Waals surface area contributed by atoms with Crippen molar-refractivity contribution in [2.75, 3.05) is 23.4 Å². The van der Waals surface area contributed by atoms with E-state index < -0.39 is 5.92 Å². The number of halogens is 2. The lowest BCUT2D eigenvalue weighted by Crippen LogP contribution is -2.32. The number of nitrogens with one attached hydrogen (secondary N) is 2. The highest BCUT2D eigenvalue weighted by Crippen LogP contribution is 2.27. The van der Waals surface area contributed by atoms with Crippen molar-refractivity contribution in [3.05, 3.63) is 88.4 Å². The second-order valence-electron chi connectivity index (χ2n) is 8.07. The number of hydrogen-bond donors (Lipinski definition) is 2. The molecule has 4 rings (SSSR count). The summed E-state index contributed by atoms with van der Waals surface area (Å²) in [6.45, 7) is 0.534. The molecule has 35 heavy (non-hydrogen) atoms. The molecule has 0 saturated carbocycles. The highest BCUT2D eigenvalue weighted by atomic mass is 35.5. The fourth-order valence-electron chi connectivity index (χ4n) is 3.70. The second kappa shape index (κ2) is 11.3. The van der Waals surface area contributed by atoms with Crippen LogP contribution >= 0.6 is 23.2 Å². The van der Waals surface area contributed by atoms with Gasteiger partial charge in [0.2, 0.25) is 11.8 Å². The summed E-state index contributed by atoms with van der Waals surface area (Å²) in [7, 11) is 0. The second-order valence-corrected chi connectivity index (χ2v) is 8.88. The van der Waals surface area contributed by atoms with Crippen LogP contribution in [0.2, 0.25) is 10.0 Å². The standard InChI is InChI=1S/C26H23Cl2N3O4/c27-22-11-6-19(13-23(22)28)30-24(32)16-35-21-9-7-20(8-10-21)31-15-18(12-25(31)33)26(34)29-14-17-4-2-1-3-5-17/h1-11,13,18H,12,14-16H2,(H,29,34)(H,30,32). The van der Waals surface area contributed by atoms with Gasteiger partial charge >= 0.3 is 0 Å². The van der Waals surface area contributed by atoms with Crippen LogP contribution in [0, 0.1) is 5.92 Å². The lowest BCUT2D eigenvalue weighted by molar-refractivity contribution is -0.126. The van der Waals surface area contributed by atoms with Gasteiger partial charge in [0.05, 0.1) is 16.0 Å². The third kappa shape index (κ3) is 6.53. The molecule has 3 amide bonds. The summed E-state index contributed by atoms with van der Waals surface area (Å²) in [5, 5.41) is 6.32. The lowest BCUT2D eigenvalue weighted by atomic mass is 10.1. The zero-order valence-corrected chi connectivity index (χ0v) is 20.2. The van der Waals surface area contributed by atoms with Crippen LogP contribution in [0.4, 0.5) is 11.4 Å². The number of carbonyl (C=O) groups excluding carboxylic acids is 3. The first-order chi connectivity index (χ1) is 16.9. The topological polar surface area (TPSA) is 87.7 Å². The first-order valence-corrected chi connectivity index (χ1v) is 11.7. The predicted octanol–water partition coefficient (Wildman–Crippen LogP) is 4.68. The number of ether oxygens (including phenoxy) is 1. The zero-order chi connectivity index (χ0) is 24.8. The Morgan fingerprint density at radius 1 is 0.971 bits per heavy atom. The Bertz CT molecular complexity index is 1220. The average Bonchev–Trinajstić information content (AvgIpc) is 3.26. The Morgan fingerprint density at radius 2 is 1.71 bits per heavy atom. The lowest BCUT2D eigenvalue weighted by Gasteiger charge is -2.17. The van der Waals surface area contributed by atoms with Gasteiger partial charge in [0.25, 0.3) is 5.91 Å². The normalized spacial score (nSPS) is 15.1. The summed E-state index contributed by atoms with van der Waals surface area (Å²) in [6, 6.07) is 21.2. The molecule has 3 aromatic rings. The van der Waals surface area contributed by atoms with E-state index >= 15 is 0 Å².